The molecule has 3 aliphatic rings. The van der Waals surface area contributed by atoms with Crippen LogP contribution in [0.3, 0.4) is 0 Å². The van der Waals surface area contributed by atoms with Crippen LogP contribution in [-0.2, 0) is 35.4 Å². The molecule has 1 aromatic heterocycles. The van der Waals surface area contributed by atoms with Crippen molar-refractivity contribution >= 4 is 42.7 Å². The van der Waals surface area contributed by atoms with Gasteiger partial charge in [-0.05, 0) is 74.9 Å². The molecule has 0 amide bonds. The highest BCUT2D eigenvalue weighted by atomic mass is 32.2. The number of esters is 1. The van der Waals surface area contributed by atoms with Crippen LogP contribution in [-0.4, -0.2) is 105 Å². The van der Waals surface area contributed by atoms with Crippen molar-refractivity contribution < 1.29 is 41.7 Å². The number of anilines is 1. The predicted octanol–water partition coefficient (Wildman–Crippen LogP) is 4.76. The lowest BCUT2D eigenvalue weighted by Crippen LogP contribution is -2.46. The van der Waals surface area contributed by atoms with E-state index in [4.69, 9.17) is 18.9 Å². The Kier molecular flexibility index (Phi) is 12.1. The number of alkyl halides is 1. The minimum absolute atomic E-state index is 0.0399. The largest absolute Gasteiger partial charge is 0.497 e. The quantitative estimate of drug-likeness (QED) is 0.154. The first-order valence-corrected chi connectivity index (χ1v) is 20.3. The van der Waals surface area contributed by atoms with Crippen LogP contribution in [0.25, 0.3) is 10.2 Å². The summed E-state index contributed by atoms with van der Waals surface area (Å²) in [6.45, 7) is 7.29. The predicted molar refractivity (Wildman–Crippen MR) is 197 cm³/mol. The molecule has 0 radical (unpaired) electrons. The Bertz CT molecular complexity index is 1780. The fourth-order valence-electron chi connectivity index (χ4n) is 6.74. The first-order chi connectivity index (χ1) is 24.7. The van der Waals surface area contributed by atoms with Crippen molar-refractivity contribution in [1.29, 1.82) is 0 Å². The molecule has 286 valence electrons. The van der Waals surface area contributed by atoms with Gasteiger partial charge in [0.2, 0.25) is 10.0 Å². The van der Waals surface area contributed by atoms with Crippen molar-refractivity contribution in [2.45, 2.75) is 94.5 Å². The van der Waals surface area contributed by atoms with E-state index >= 15 is 0 Å². The second-order valence-corrected chi connectivity index (χ2v) is 18.2. The van der Waals surface area contributed by atoms with Gasteiger partial charge in [0, 0.05) is 37.6 Å². The second-order valence-electron chi connectivity index (χ2n) is 15.2. The molecular formula is C37H51FN4O8S2. The van der Waals surface area contributed by atoms with E-state index < -0.39 is 46.1 Å². The van der Waals surface area contributed by atoms with Crippen LogP contribution in [0.2, 0.25) is 0 Å². The minimum atomic E-state index is -4.04. The maximum absolute atomic E-state index is 14.3. The number of benzene rings is 2. The number of halogens is 1. The summed E-state index contributed by atoms with van der Waals surface area (Å²) in [5.74, 6) is -0.934. The fraction of sp³-hybridized carbons (Fsp3) is 0.622. The van der Waals surface area contributed by atoms with Gasteiger partial charge >= 0.3 is 5.97 Å². The number of carbonyl (C=O) groups is 1. The van der Waals surface area contributed by atoms with E-state index in [0.29, 0.717) is 18.4 Å². The summed E-state index contributed by atoms with van der Waals surface area (Å²) >= 11 is 1.42. The van der Waals surface area contributed by atoms with Crippen LogP contribution in [0, 0.1) is 17.8 Å². The molecule has 2 saturated heterocycles. The maximum atomic E-state index is 14.3. The van der Waals surface area contributed by atoms with Crippen molar-refractivity contribution in [2.75, 3.05) is 45.3 Å². The lowest BCUT2D eigenvalue weighted by Gasteiger charge is -2.30. The zero-order chi connectivity index (χ0) is 37.2. The van der Waals surface area contributed by atoms with Gasteiger partial charge in [0.1, 0.15) is 17.5 Å². The molecule has 15 heteroatoms. The summed E-state index contributed by atoms with van der Waals surface area (Å²) in [7, 11) is -2.47. The molecule has 0 spiro atoms. The average molecular weight is 763 g/mol. The third-order valence-electron chi connectivity index (χ3n) is 9.63. The molecule has 1 saturated carbocycles. The number of hydrogen-bond acceptors (Lipinski definition) is 12. The number of aromatic nitrogens is 1. The number of fused-ring (bicyclic) bond motifs is 2. The Balaban J connectivity index is 1.19. The molecule has 6 rings (SSSR count). The summed E-state index contributed by atoms with van der Waals surface area (Å²) < 4.78 is 67.6. The standard InChI is InChI=1S/C37H51FN4O8S2/c1-22(2)17-42(52(45,46)27-12-13-28-32(16-27)51-36(41-28)40-25-8-9-25)18-30(43)24(14-23-6-10-26(47-5)11-7-23)15-33(44)50-31-20-49-35-34(31)29(19-48-35)39-21-37(3,4)38/h6-7,10-13,16,22,24-25,29-31,34-35,39,43H,8-9,14-15,17-21H2,1-5H3,(H,40,41)/t24-,29+,30-,31+,34+,35-/m1/s1. The lowest BCUT2D eigenvalue weighted by atomic mass is 9.90. The van der Waals surface area contributed by atoms with Crippen molar-refractivity contribution in [2.24, 2.45) is 17.8 Å². The number of nitrogens with zero attached hydrogens (tertiary/aromatic N) is 2. The van der Waals surface area contributed by atoms with Crippen molar-refractivity contribution in [3.63, 3.8) is 0 Å². The van der Waals surface area contributed by atoms with Gasteiger partial charge in [-0.15, -0.1) is 0 Å². The van der Waals surface area contributed by atoms with Gasteiger partial charge in [0.25, 0.3) is 0 Å². The van der Waals surface area contributed by atoms with Gasteiger partial charge in [0.05, 0.1) is 53.9 Å². The number of aliphatic hydroxyl groups excluding tert-OH is 1. The molecule has 0 unspecified atom stereocenters. The molecule has 12 nitrogen and oxygen atoms in total. The summed E-state index contributed by atoms with van der Waals surface area (Å²) in [6.07, 6.45) is -0.0992. The van der Waals surface area contributed by atoms with E-state index in [1.54, 1.807) is 37.4 Å². The first kappa shape index (κ1) is 38.8. The van der Waals surface area contributed by atoms with Crippen LogP contribution >= 0.6 is 11.3 Å². The number of hydrogen-bond donors (Lipinski definition) is 3. The minimum Gasteiger partial charge on any atom is -0.497 e. The van der Waals surface area contributed by atoms with Gasteiger partial charge < -0.3 is 34.7 Å². The molecule has 3 aromatic rings. The van der Waals surface area contributed by atoms with E-state index in [1.807, 2.05) is 26.0 Å². The van der Waals surface area contributed by atoms with Crippen LogP contribution in [0.4, 0.5) is 9.52 Å². The molecule has 3 N–H and O–H groups in total. The molecule has 2 aromatic carbocycles. The summed E-state index contributed by atoms with van der Waals surface area (Å²) in [4.78, 5) is 18.4. The zero-order valence-electron chi connectivity index (χ0n) is 30.4. The van der Waals surface area contributed by atoms with Gasteiger partial charge in [-0.2, -0.15) is 4.31 Å². The highest BCUT2D eigenvalue weighted by molar-refractivity contribution is 7.89. The number of nitrogens with one attached hydrogen (secondary N) is 2. The number of methoxy groups -OCH3 is 1. The Labute approximate surface area is 309 Å². The van der Waals surface area contributed by atoms with Crippen LogP contribution in [0.1, 0.15) is 52.5 Å². The number of sulfonamides is 1. The summed E-state index contributed by atoms with van der Waals surface area (Å²) in [5, 5.41) is 19.2. The third kappa shape index (κ3) is 9.78. The topological polar surface area (TPSA) is 149 Å². The number of rotatable bonds is 18. The van der Waals surface area contributed by atoms with Crippen molar-refractivity contribution in [3.8, 4) is 5.75 Å². The molecule has 2 aliphatic heterocycles. The summed E-state index contributed by atoms with van der Waals surface area (Å²) in [6, 6.07) is 12.4. The maximum Gasteiger partial charge on any atom is 0.306 e. The van der Waals surface area contributed by atoms with Gasteiger partial charge in [-0.1, -0.05) is 37.3 Å². The van der Waals surface area contributed by atoms with E-state index in [1.165, 1.54) is 29.5 Å². The van der Waals surface area contributed by atoms with E-state index in [9.17, 15) is 22.7 Å². The van der Waals surface area contributed by atoms with Crippen molar-refractivity contribution in [1.82, 2.24) is 14.6 Å². The smallest absolute Gasteiger partial charge is 0.306 e. The Morgan fingerprint density at radius 2 is 1.87 bits per heavy atom. The lowest BCUT2D eigenvalue weighted by molar-refractivity contribution is -0.153. The van der Waals surface area contributed by atoms with Gasteiger partial charge in [0.15, 0.2) is 11.4 Å². The molecule has 0 bridgehead atoms. The van der Waals surface area contributed by atoms with E-state index in [-0.39, 0.29) is 61.9 Å². The first-order valence-electron chi connectivity index (χ1n) is 18.0. The normalized spacial score (nSPS) is 23.2. The molecule has 6 atom stereocenters. The summed E-state index contributed by atoms with van der Waals surface area (Å²) in [5.41, 5.74) is 0.126. The number of carbonyl (C=O) groups excluding carboxylic acids is 1. The monoisotopic (exact) mass is 762 g/mol. The highest BCUT2D eigenvalue weighted by Gasteiger charge is 2.50. The number of aliphatic hydroxyl groups is 1. The van der Waals surface area contributed by atoms with Crippen molar-refractivity contribution in [3.05, 3.63) is 48.0 Å². The van der Waals surface area contributed by atoms with E-state index in [2.05, 4.69) is 15.6 Å². The second kappa shape index (κ2) is 16.2. The van der Waals surface area contributed by atoms with Crippen LogP contribution in [0.15, 0.2) is 47.4 Å². The number of ether oxygens (including phenoxy) is 4. The van der Waals surface area contributed by atoms with E-state index in [0.717, 1.165) is 33.8 Å². The molecule has 3 fully saturated rings. The molecule has 1 aliphatic carbocycles. The molecule has 52 heavy (non-hydrogen) atoms. The van der Waals surface area contributed by atoms with Gasteiger partial charge in [-0.25, -0.2) is 17.8 Å². The Morgan fingerprint density at radius 3 is 2.54 bits per heavy atom. The Hall–Kier alpha value is -2.92. The van der Waals surface area contributed by atoms with Gasteiger partial charge in [-0.3, -0.25) is 4.79 Å². The SMILES string of the molecule is COc1ccc(C[C@H](CC(=O)O[C@H]2CO[C@H]3OC[C@H](NCC(C)(C)F)[C@H]32)[C@H](O)CN(CC(C)C)S(=O)(=O)c2ccc3nc(NC4CC4)sc3c2)cc1. The fourth-order valence-corrected chi connectivity index (χ4v) is 9.45. The third-order valence-corrected chi connectivity index (χ3v) is 12.4. The van der Waals surface area contributed by atoms with Crippen LogP contribution < -0.4 is 15.4 Å². The highest BCUT2D eigenvalue weighted by Crippen LogP contribution is 2.35. The Morgan fingerprint density at radius 1 is 1.13 bits per heavy atom. The van der Waals surface area contributed by atoms with Crippen LogP contribution in [0.5, 0.6) is 5.75 Å². The average Bonchev–Trinajstić information content (AvgIpc) is 3.47. The molecule has 3 heterocycles. The number of thiazole rings is 1. The molecular weight excluding hydrogens is 712 g/mol. The zero-order valence-corrected chi connectivity index (χ0v) is 32.1.